The summed E-state index contributed by atoms with van der Waals surface area (Å²) in [6, 6.07) is 10.8. The minimum absolute atomic E-state index is 0.171. The van der Waals surface area contributed by atoms with Crippen LogP contribution in [0.4, 0.5) is 4.39 Å². The van der Waals surface area contributed by atoms with Crippen LogP contribution in [0.5, 0.6) is 0 Å². The van der Waals surface area contributed by atoms with Gasteiger partial charge >= 0.3 is 0 Å². The van der Waals surface area contributed by atoms with Crippen molar-refractivity contribution in [3.8, 4) is 0 Å². The lowest BCUT2D eigenvalue weighted by Gasteiger charge is -2.16. The van der Waals surface area contributed by atoms with Crippen LogP contribution < -0.4 is 5.32 Å². The van der Waals surface area contributed by atoms with Gasteiger partial charge in [0.2, 0.25) is 0 Å². The van der Waals surface area contributed by atoms with Gasteiger partial charge < -0.3 is 15.2 Å². The molecule has 21 heavy (non-hydrogen) atoms. The number of aliphatic hydroxyl groups is 1. The molecule has 0 aliphatic rings. The highest BCUT2D eigenvalue weighted by molar-refractivity contribution is 7.10. The van der Waals surface area contributed by atoms with Gasteiger partial charge in [0.05, 0.1) is 19.3 Å². The minimum Gasteiger partial charge on any atom is -0.389 e. The first kappa shape index (κ1) is 16.1. The number of ether oxygens (including phenoxy) is 1. The van der Waals surface area contributed by atoms with Gasteiger partial charge in [-0.1, -0.05) is 24.3 Å². The van der Waals surface area contributed by atoms with E-state index in [2.05, 4.69) is 18.3 Å². The molecule has 2 rings (SSSR count). The third kappa shape index (κ3) is 5.21. The first-order chi connectivity index (χ1) is 10.2. The molecule has 2 N–H and O–H groups in total. The number of thiophene rings is 1. The van der Waals surface area contributed by atoms with E-state index in [4.69, 9.17) is 4.74 Å². The molecule has 5 heteroatoms. The highest BCUT2D eigenvalue weighted by Gasteiger charge is 2.10. The molecule has 0 fully saturated rings. The number of nitrogens with one attached hydrogen (secondary N) is 1. The summed E-state index contributed by atoms with van der Waals surface area (Å²) in [4.78, 5) is 1.23. The predicted molar refractivity (Wildman–Crippen MR) is 82.8 cm³/mol. The Labute approximate surface area is 128 Å². The van der Waals surface area contributed by atoms with Gasteiger partial charge in [-0.25, -0.2) is 4.39 Å². The quantitative estimate of drug-likeness (QED) is 0.787. The van der Waals surface area contributed by atoms with Crippen molar-refractivity contribution < 1.29 is 14.2 Å². The predicted octanol–water partition coefficient (Wildman–Crippen LogP) is 3.12. The van der Waals surface area contributed by atoms with E-state index >= 15 is 0 Å². The Hall–Kier alpha value is -1.27. The minimum atomic E-state index is -0.612. The van der Waals surface area contributed by atoms with Gasteiger partial charge in [-0.2, -0.15) is 0 Å². The van der Waals surface area contributed by atoms with E-state index < -0.39 is 6.10 Å². The number of aliphatic hydroxyl groups excluding tert-OH is 1. The van der Waals surface area contributed by atoms with Gasteiger partial charge in [0, 0.05) is 23.0 Å². The fraction of sp³-hybridized carbons (Fsp3) is 0.375. The molecular formula is C16H20FNO2S. The molecule has 0 saturated carbocycles. The Kier molecular flexibility index (Phi) is 6.32. The molecule has 0 spiro atoms. The Morgan fingerprint density at radius 2 is 2.10 bits per heavy atom. The van der Waals surface area contributed by atoms with Crippen molar-refractivity contribution in [3.05, 3.63) is 58.0 Å². The van der Waals surface area contributed by atoms with E-state index in [-0.39, 0.29) is 25.1 Å². The molecule has 0 aliphatic carbocycles. The molecule has 0 radical (unpaired) electrons. The van der Waals surface area contributed by atoms with Crippen molar-refractivity contribution in [1.82, 2.24) is 5.32 Å². The van der Waals surface area contributed by atoms with E-state index in [1.54, 1.807) is 29.5 Å². The molecular weight excluding hydrogens is 289 g/mol. The summed E-state index contributed by atoms with van der Waals surface area (Å²) in [6.45, 7) is 2.85. The van der Waals surface area contributed by atoms with E-state index in [1.807, 2.05) is 11.4 Å². The maximum absolute atomic E-state index is 13.4. The number of benzene rings is 1. The third-order valence-electron chi connectivity index (χ3n) is 3.16. The van der Waals surface area contributed by atoms with Crippen molar-refractivity contribution in [2.75, 3.05) is 13.2 Å². The summed E-state index contributed by atoms with van der Waals surface area (Å²) in [5.74, 6) is -0.281. The van der Waals surface area contributed by atoms with Crippen LogP contribution in [0.3, 0.4) is 0 Å². The van der Waals surface area contributed by atoms with Crippen LogP contribution in [-0.4, -0.2) is 24.4 Å². The average molecular weight is 309 g/mol. The van der Waals surface area contributed by atoms with E-state index in [0.29, 0.717) is 12.1 Å². The van der Waals surface area contributed by atoms with E-state index in [9.17, 15) is 9.50 Å². The largest absolute Gasteiger partial charge is 0.389 e. The molecule has 0 amide bonds. The Balaban J connectivity index is 1.66. The molecule has 1 aromatic carbocycles. The van der Waals surface area contributed by atoms with Gasteiger partial charge in [-0.3, -0.25) is 0 Å². The van der Waals surface area contributed by atoms with Crippen molar-refractivity contribution in [1.29, 1.82) is 0 Å². The molecule has 2 atom stereocenters. The number of hydrogen-bond acceptors (Lipinski definition) is 4. The first-order valence-corrected chi connectivity index (χ1v) is 7.81. The molecule has 0 bridgehead atoms. The SMILES string of the molecule is CC(NCC(O)COCc1ccccc1F)c1cccs1. The summed E-state index contributed by atoms with van der Waals surface area (Å²) in [6.07, 6.45) is -0.612. The van der Waals surface area contributed by atoms with Crippen LogP contribution in [-0.2, 0) is 11.3 Å². The fourth-order valence-corrected chi connectivity index (χ4v) is 2.69. The van der Waals surface area contributed by atoms with Crippen LogP contribution in [0.25, 0.3) is 0 Å². The van der Waals surface area contributed by atoms with Crippen molar-refractivity contribution in [2.45, 2.75) is 25.7 Å². The van der Waals surface area contributed by atoms with Crippen LogP contribution in [0.1, 0.15) is 23.4 Å². The van der Waals surface area contributed by atoms with Crippen molar-refractivity contribution in [3.63, 3.8) is 0 Å². The zero-order valence-corrected chi connectivity index (χ0v) is 12.8. The monoisotopic (exact) mass is 309 g/mol. The van der Waals surface area contributed by atoms with E-state index in [1.165, 1.54) is 10.9 Å². The zero-order chi connectivity index (χ0) is 15.1. The Morgan fingerprint density at radius 3 is 2.81 bits per heavy atom. The maximum atomic E-state index is 13.4. The molecule has 2 unspecified atom stereocenters. The summed E-state index contributed by atoms with van der Waals surface area (Å²) in [5, 5.41) is 15.1. The van der Waals surface area contributed by atoms with Gasteiger partial charge in [0.25, 0.3) is 0 Å². The van der Waals surface area contributed by atoms with Gasteiger partial charge in [0.1, 0.15) is 5.82 Å². The third-order valence-corrected chi connectivity index (χ3v) is 4.21. The second-order valence-corrected chi connectivity index (χ2v) is 5.88. The summed E-state index contributed by atoms with van der Waals surface area (Å²) < 4.78 is 18.7. The van der Waals surface area contributed by atoms with Crippen LogP contribution in [0.15, 0.2) is 41.8 Å². The Morgan fingerprint density at radius 1 is 1.29 bits per heavy atom. The Bertz CT molecular complexity index is 533. The lowest BCUT2D eigenvalue weighted by Crippen LogP contribution is -2.31. The smallest absolute Gasteiger partial charge is 0.128 e. The summed E-state index contributed by atoms with van der Waals surface area (Å²) in [7, 11) is 0. The molecule has 2 aromatic rings. The molecule has 1 heterocycles. The van der Waals surface area contributed by atoms with Gasteiger partial charge in [-0.15, -0.1) is 11.3 Å². The molecule has 0 aliphatic heterocycles. The maximum Gasteiger partial charge on any atom is 0.128 e. The van der Waals surface area contributed by atoms with Gasteiger partial charge in [0.15, 0.2) is 0 Å². The first-order valence-electron chi connectivity index (χ1n) is 6.93. The highest BCUT2D eigenvalue weighted by Crippen LogP contribution is 2.17. The molecule has 114 valence electrons. The topological polar surface area (TPSA) is 41.5 Å². The number of halogens is 1. The molecule has 3 nitrogen and oxygen atoms in total. The standard InChI is InChI=1S/C16H20FNO2S/c1-12(16-7-4-8-21-16)18-9-14(19)11-20-10-13-5-2-3-6-15(13)17/h2-8,12,14,18-19H,9-11H2,1H3. The lowest BCUT2D eigenvalue weighted by molar-refractivity contribution is 0.0269. The summed E-state index contributed by atoms with van der Waals surface area (Å²) in [5.41, 5.74) is 0.504. The second kappa shape index (κ2) is 8.24. The highest BCUT2D eigenvalue weighted by atomic mass is 32.1. The van der Waals surface area contributed by atoms with Crippen LogP contribution in [0, 0.1) is 5.82 Å². The second-order valence-electron chi connectivity index (χ2n) is 4.91. The van der Waals surface area contributed by atoms with E-state index in [0.717, 1.165) is 0 Å². The lowest BCUT2D eigenvalue weighted by atomic mass is 10.2. The van der Waals surface area contributed by atoms with Crippen LogP contribution in [0.2, 0.25) is 0 Å². The number of hydrogen-bond donors (Lipinski definition) is 2. The molecule has 0 saturated heterocycles. The fourth-order valence-electron chi connectivity index (χ4n) is 1.93. The van der Waals surface area contributed by atoms with Gasteiger partial charge in [-0.05, 0) is 24.4 Å². The summed E-state index contributed by atoms with van der Waals surface area (Å²) >= 11 is 1.68. The zero-order valence-electron chi connectivity index (χ0n) is 12.0. The molecule has 1 aromatic heterocycles. The average Bonchev–Trinajstić information content (AvgIpc) is 3.01. The van der Waals surface area contributed by atoms with Crippen molar-refractivity contribution in [2.24, 2.45) is 0 Å². The van der Waals surface area contributed by atoms with Crippen LogP contribution >= 0.6 is 11.3 Å². The normalized spacial score (nSPS) is 14.0. The van der Waals surface area contributed by atoms with Crippen molar-refractivity contribution >= 4 is 11.3 Å². The number of rotatable bonds is 8.